The van der Waals surface area contributed by atoms with Gasteiger partial charge in [-0.3, -0.25) is 24.6 Å². The van der Waals surface area contributed by atoms with Gasteiger partial charge in [0.2, 0.25) is 17.8 Å². The number of benzene rings is 2. The molecule has 0 bridgehead atoms. The van der Waals surface area contributed by atoms with E-state index in [0.717, 1.165) is 74.0 Å². The number of amides is 2. The Morgan fingerprint density at radius 1 is 0.852 bits per heavy atom. The van der Waals surface area contributed by atoms with Crippen molar-refractivity contribution >= 4 is 51.5 Å². The van der Waals surface area contributed by atoms with Crippen LogP contribution in [0.5, 0.6) is 0 Å². The van der Waals surface area contributed by atoms with Crippen molar-refractivity contribution in [1.29, 1.82) is 0 Å². The number of nitrogens with zero attached hydrogens (tertiary/aromatic N) is 8. The van der Waals surface area contributed by atoms with E-state index in [1.807, 2.05) is 55.5 Å². The number of aromatic nitrogens is 5. The van der Waals surface area contributed by atoms with Crippen molar-refractivity contribution < 1.29 is 19.8 Å². The van der Waals surface area contributed by atoms with Crippen LogP contribution in [0.4, 0.5) is 28.7 Å². The number of nitrogens with one attached hydrogen (secondary N) is 3. The third-order valence-corrected chi connectivity index (χ3v) is 12.9. The second-order valence-corrected chi connectivity index (χ2v) is 16.8. The Balaban J connectivity index is 0.791. The Bertz CT molecular complexity index is 2500. The van der Waals surface area contributed by atoms with Gasteiger partial charge in [-0.15, -0.1) is 6.58 Å². The summed E-state index contributed by atoms with van der Waals surface area (Å²) in [6.07, 6.45) is 7.30. The van der Waals surface area contributed by atoms with Crippen LogP contribution in [-0.4, -0.2) is 109 Å². The molecule has 5 N–H and O–H groups in total. The van der Waals surface area contributed by atoms with E-state index in [4.69, 9.17) is 9.97 Å². The Labute approximate surface area is 353 Å². The largest absolute Gasteiger partial charge is 0.388 e. The van der Waals surface area contributed by atoms with E-state index in [9.17, 15) is 24.6 Å². The standard InChI is InChI=1S/C45H53N11O5/c1-3-21-55-42(59)35-28-46-43(51-40(35)56(55)37-15-5-30-17-18-45(61,4-2)39(30)49-37)48-32-8-12-34(13-9-32)54-26-24-52(25-27-54)29-44(60)19-22-53(23-20-44)33-10-6-31(7-11-33)47-36-14-16-38(57)50-41(36)58/h3,5-13,15,28,36,47,60-61H,1,4,14,16-27,29H2,2H3,(H,46,48,51)(H,50,57,58)/t36?,45-/m1/s1. The number of β-amino-alcohol motifs (C(OH)–C–C–N with tert-alkyl or cyclic N) is 1. The summed E-state index contributed by atoms with van der Waals surface area (Å²) >= 11 is 0. The number of fused-ring (bicyclic) bond motifs is 2. The zero-order valence-electron chi connectivity index (χ0n) is 34.5. The van der Waals surface area contributed by atoms with Crippen LogP contribution in [0.1, 0.15) is 56.7 Å². The molecule has 3 fully saturated rings. The average molecular weight is 828 g/mol. The maximum absolute atomic E-state index is 13.5. The second-order valence-electron chi connectivity index (χ2n) is 16.8. The van der Waals surface area contributed by atoms with Crippen LogP contribution in [0.15, 0.2) is 84.3 Å². The zero-order chi connectivity index (χ0) is 42.3. The van der Waals surface area contributed by atoms with E-state index in [1.54, 1.807) is 10.8 Å². The number of carbonyl (C=O) groups is 2. The SMILES string of the molecule is C=CCn1c(=O)c2cnc(Nc3ccc(N4CCN(CC5(O)CCN(c6ccc(NC7CCC(=O)NC7=O)cc6)CC5)CC4)cc3)nc2n1-c1ccc2c(n1)[C@@](O)(CC)CC2. The highest BCUT2D eigenvalue weighted by molar-refractivity contribution is 6.01. The van der Waals surface area contributed by atoms with Crippen LogP contribution in [-0.2, 0) is 28.2 Å². The fourth-order valence-corrected chi connectivity index (χ4v) is 9.22. The lowest BCUT2D eigenvalue weighted by Gasteiger charge is -2.44. The molecule has 1 unspecified atom stereocenters. The summed E-state index contributed by atoms with van der Waals surface area (Å²) < 4.78 is 3.23. The monoisotopic (exact) mass is 827 g/mol. The lowest BCUT2D eigenvalue weighted by molar-refractivity contribution is -0.133. The number of aliphatic hydroxyl groups is 2. The molecular weight excluding hydrogens is 775 g/mol. The Hall–Kier alpha value is -6.10. The molecule has 16 heteroatoms. The average Bonchev–Trinajstić information content (AvgIpc) is 3.75. The van der Waals surface area contributed by atoms with Crippen LogP contribution >= 0.6 is 0 Å². The molecule has 3 aliphatic heterocycles. The van der Waals surface area contributed by atoms with Gasteiger partial charge in [-0.05, 0) is 98.7 Å². The summed E-state index contributed by atoms with van der Waals surface area (Å²) in [6.45, 7) is 11.6. The molecule has 2 aromatic carbocycles. The van der Waals surface area contributed by atoms with Gasteiger partial charge in [0.1, 0.15) is 17.0 Å². The molecule has 3 aromatic heterocycles. The number of piperidine rings is 2. The van der Waals surface area contributed by atoms with Gasteiger partial charge in [-0.25, -0.2) is 19.3 Å². The van der Waals surface area contributed by atoms with Crippen molar-refractivity contribution in [2.45, 2.75) is 75.7 Å². The summed E-state index contributed by atoms with van der Waals surface area (Å²) in [4.78, 5) is 58.3. The number of allylic oxidation sites excluding steroid dienone is 1. The Morgan fingerprint density at radius 2 is 1.54 bits per heavy atom. The van der Waals surface area contributed by atoms with Gasteiger partial charge in [0.05, 0.1) is 17.8 Å². The van der Waals surface area contributed by atoms with E-state index in [1.165, 1.54) is 10.9 Å². The molecule has 16 nitrogen and oxygen atoms in total. The topological polar surface area (TPSA) is 186 Å². The number of pyridine rings is 1. The molecule has 6 heterocycles. The van der Waals surface area contributed by atoms with Gasteiger partial charge < -0.3 is 30.6 Å². The van der Waals surface area contributed by atoms with Crippen molar-refractivity contribution in [2.24, 2.45) is 0 Å². The highest BCUT2D eigenvalue weighted by Gasteiger charge is 2.38. The van der Waals surface area contributed by atoms with Crippen molar-refractivity contribution in [3.05, 3.63) is 101 Å². The van der Waals surface area contributed by atoms with Gasteiger partial charge in [0, 0.05) is 81.2 Å². The van der Waals surface area contributed by atoms with Crippen molar-refractivity contribution in [3.8, 4) is 5.82 Å². The number of carbonyl (C=O) groups excluding carboxylic acids is 2. The number of hydrogen-bond donors (Lipinski definition) is 5. The quantitative estimate of drug-likeness (QED) is 0.0905. The molecule has 5 aromatic rings. The normalized spacial score (nSPS) is 21.7. The molecular formula is C45H53N11O5. The number of rotatable bonds is 12. The molecule has 2 amide bonds. The lowest BCUT2D eigenvalue weighted by atomic mass is 9.90. The third-order valence-electron chi connectivity index (χ3n) is 12.9. The predicted octanol–water partition coefficient (Wildman–Crippen LogP) is 3.82. The minimum absolute atomic E-state index is 0.226. The molecule has 4 aliphatic rings. The molecule has 9 rings (SSSR count). The van der Waals surface area contributed by atoms with E-state index >= 15 is 0 Å². The van der Waals surface area contributed by atoms with Crippen LogP contribution in [0.25, 0.3) is 16.9 Å². The number of aryl methyl sites for hydroxylation is 1. The number of anilines is 5. The molecule has 318 valence electrons. The Kier molecular flexibility index (Phi) is 10.8. The number of piperazine rings is 1. The molecule has 2 atom stereocenters. The predicted molar refractivity (Wildman–Crippen MR) is 235 cm³/mol. The van der Waals surface area contributed by atoms with Crippen molar-refractivity contribution in [1.82, 2.24) is 34.5 Å². The first-order valence-electron chi connectivity index (χ1n) is 21.4. The third kappa shape index (κ3) is 8.10. The van der Waals surface area contributed by atoms with Crippen LogP contribution in [0.2, 0.25) is 0 Å². The maximum atomic E-state index is 13.5. The summed E-state index contributed by atoms with van der Waals surface area (Å²) in [5.41, 5.74) is 3.91. The number of hydrogen-bond acceptors (Lipinski definition) is 13. The van der Waals surface area contributed by atoms with E-state index in [2.05, 4.69) is 54.3 Å². The molecule has 0 radical (unpaired) electrons. The highest BCUT2D eigenvalue weighted by atomic mass is 16.3. The fraction of sp³-hybridized carbons (Fsp3) is 0.422. The minimum Gasteiger partial charge on any atom is -0.388 e. The smallest absolute Gasteiger partial charge is 0.278 e. The molecule has 0 spiro atoms. The Morgan fingerprint density at radius 3 is 2.21 bits per heavy atom. The molecule has 61 heavy (non-hydrogen) atoms. The summed E-state index contributed by atoms with van der Waals surface area (Å²) in [5.74, 6) is 0.325. The summed E-state index contributed by atoms with van der Waals surface area (Å²) in [6, 6.07) is 19.6. The van der Waals surface area contributed by atoms with Crippen LogP contribution in [0, 0.1) is 0 Å². The summed E-state index contributed by atoms with van der Waals surface area (Å²) in [5, 5.41) is 32.2. The van der Waals surface area contributed by atoms with E-state index < -0.39 is 17.2 Å². The maximum Gasteiger partial charge on any atom is 0.278 e. The van der Waals surface area contributed by atoms with Gasteiger partial charge in [0.25, 0.3) is 5.56 Å². The highest BCUT2D eigenvalue weighted by Crippen LogP contribution is 2.38. The first-order chi connectivity index (χ1) is 29.5. The van der Waals surface area contributed by atoms with Crippen LogP contribution in [0.3, 0.4) is 0 Å². The fourth-order valence-electron chi connectivity index (χ4n) is 9.22. The van der Waals surface area contributed by atoms with Gasteiger partial charge in [-0.2, -0.15) is 4.98 Å². The van der Waals surface area contributed by atoms with E-state index in [-0.39, 0.29) is 23.9 Å². The van der Waals surface area contributed by atoms with E-state index in [0.29, 0.717) is 73.6 Å². The zero-order valence-corrected chi connectivity index (χ0v) is 34.5. The summed E-state index contributed by atoms with van der Waals surface area (Å²) in [7, 11) is 0. The van der Waals surface area contributed by atoms with Gasteiger partial charge in [-0.1, -0.05) is 19.1 Å². The van der Waals surface area contributed by atoms with Crippen LogP contribution < -0.4 is 31.3 Å². The molecule has 0 saturated carbocycles. The molecule has 3 saturated heterocycles. The van der Waals surface area contributed by atoms with Gasteiger partial charge >= 0.3 is 0 Å². The molecule has 1 aliphatic carbocycles. The minimum atomic E-state index is -1.000. The first kappa shape index (κ1) is 40.3. The lowest BCUT2D eigenvalue weighted by Crippen LogP contribution is -2.55. The van der Waals surface area contributed by atoms with Gasteiger partial charge in [0.15, 0.2) is 11.5 Å². The van der Waals surface area contributed by atoms with Crippen molar-refractivity contribution in [2.75, 3.05) is 66.2 Å². The second kappa shape index (κ2) is 16.4. The number of imide groups is 1. The first-order valence-corrected chi connectivity index (χ1v) is 21.4. The van der Waals surface area contributed by atoms with Crippen molar-refractivity contribution in [3.63, 3.8) is 0 Å².